The molecule has 4 aromatic rings. The summed E-state index contributed by atoms with van der Waals surface area (Å²) < 4.78 is 3.01. The van der Waals surface area contributed by atoms with Crippen LogP contribution in [0.25, 0.3) is 17.0 Å². The van der Waals surface area contributed by atoms with E-state index in [9.17, 15) is 0 Å². The van der Waals surface area contributed by atoms with Crippen molar-refractivity contribution in [3.63, 3.8) is 0 Å². The van der Waals surface area contributed by atoms with Gasteiger partial charge in [-0.05, 0) is 18.2 Å². The van der Waals surface area contributed by atoms with Crippen LogP contribution in [-0.2, 0) is 5.75 Å². The molecule has 4 rings (SSSR count). The second-order valence-electron chi connectivity index (χ2n) is 4.93. The summed E-state index contributed by atoms with van der Waals surface area (Å²) in [7, 11) is 0. The Morgan fingerprint density at radius 3 is 2.83 bits per heavy atom. The molecule has 0 atom stereocenters. The third kappa shape index (κ3) is 3.02. The quantitative estimate of drug-likeness (QED) is 0.535. The normalized spacial score (nSPS) is 11.2. The Morgan fingerprint density at radius 1 is 1.09 bits per heavy atom. The molecule has 0 aliphatic rings. The Hall–Kier alpha value is -2.12. The maximum atomic E-state index is 4.58. The van der Waals surface area contributed by atoms with Gasteiger partial charge in [0.15, 0.2) is 5.82 Å². The molecule has 23 heavy (non-hydrogen) atoms. The molecule has 3 aromatic heterocycles. The van der Waals surface area contributed by atoms with Gasteiger partial charge in [-0.3, -0.25) is 5.10 Å². The molecule has 1 N–H and O–H groups in total. The molecule has 114 valence electrons. The lowest BCUT2D eigenvalue weighted by atomic mass is 10.2. The molecule has 3 heterocycles. The number of thioether (sulfide) groups is 1. The molecule has 0 unspecified atom stereocenters. The van der Waals surface area contributed by atoms with Crippen molar-refractivity contribution >= 4 is 33.3 Å². The first-order chi connectivity index (χ1) is 11.3. The number of hydrogen-bond acceptors (Lipinski definition) is 4. The van der Waals surface area contributed by atoms with Crippen molar-refractivity contribution in [3.05, 3.63) is 65.0 Å². The predicted molar refractivity (Wildman–Crippen MR) is 94.3 cm³/mol. The maximum Gasteiger partial charge on any atom is 0.209 e. The molecule has 0 spiro atoms. The van der Waals surface area contributed by atoms with E-state index in [2.05, 4.69) is 36.1 Å². The van der Waals surface area contributed by atoms with Gasteiger partial charge in [-0.1, -0.05) is 52.0 Å². The molecule has 0 aliphatic heterocycles. The fourth-order valence-corrected chi connectivity index (χ4v) is 3.43. The molecule has 1 aromatic carbocycles. The van der Waals surface area contributed by atoms with Gasteiger partial charge in [-0.25, -0.2) is 9.97 Å². The molecule has 0 aliphatic carbocycles. The smallest absolute Gasteiger partial charge is 0.209 e. The van der Waals surface area contributed by atoms with Gasteiger partial charge in [-0.15, -0.1) is 5.10 Å². The number of pyridine rings is 1. The van der Waals surface area contributed by atoms with Crippen LogP contribution in [0.4, 0.5) is 0 Å². The molecule has 0 radical (unpaired) electrons. The monoisotopic (exact) mass is 385 g/mol. The number of H-pyrrole nitrogens is 1. The molecular formula is C16H12BrN5S. The number of aromatic nitrogens is 5. The van der Waals surface area contributed by atoms with E-state index in [1.165, 1.54) is 0 Å². The summed E-state index contributed by atoms with van der Waals surface area (Å²) in [5.41, 5.74) is 2.96. The van der Waals surface area contributed by atoms with Crippen LogP contribution in [0.2, 0.25) is 0 Å². The number of nitrogens with one attached hydrogen (secondary N) is 1. The topological polar surface area (TPSA) is 58.9 Å². The second-order valence-corrected chi connectivity index (χ2v) is 6.73. The fraction of sp³-hybridized carbons (Fsp3) is 0.0625. The summed E-state index contributed by atoms with van der Waals surface area (Å²) in [6.07, 6.45) is 4.03. The third-order valence-electron chi connectivity index (χ3n) is 3.36. The van der Waals surface area contributed by atoms with E-state index in [1.54, 1.807) is 11.8 Å². The number of halogens is 1. The molecule has 0 amide bonds. The lowest BCUT2D eigenvalue weighted by Crippen LogP contribution is -1.83. The Morgan fingerprint density at radius 2 is 1.96 bits per heavy atom. The molecule has 0 bridgehead atoms. The summed E-state index contributed by atoms with van der Waals surface area (Å²) >= 11 is 5.10. The number of benzene rings is 1. The average Bonchev–Trinajstić information content (AvgIpc) is 3.19. The lowest BCUT2D eigenvalue weighted by molar-refractivity contribution is 0.972. The van der Waals surface area contributed by atoms with E-state index in [0.29, 0.717) is 5.16 Å². The van der Waals surface area contributed by atoms with Gasteiger partial charge in [0.2, 0.25) is 5.16 Å². The van der Waals surface area contributed by atoms with E-state index in [-0.39, 0.29) is 0 Å². The van der Waals surface area contributed by atoms with Crippen LogP contribution in [0.15, 0.2) is 64.5 Å². The Balaban J connectivity index is 1.51. The first kappa shape index (κ1) is 14.5. The number of fused-ring (bicyclic) bond motifs is 1. The average molecular weight is 386 g/mol. The van der Waals surface area contributed by atoms with Gasteiger partial charge in [0.25, 0.3) is 0 Å². The summed E-state index contributed by atoms with van der Waals surface area (Å²) in [5.74, 6) is 1.49. The highest BCUT2D eigenvalue weighted by atomic mass is 79.9. The number of imidazole rings is 1. The van der Waals surface area contributed by atoms with Crippen molar-refractivity contribution in [1.29, 1.82) is 0 Å². The van der Waals surface area contributed by atoms with Crippen LogP contribution < -0.4 is 0 Å². The van der Waals surface area contributed by atoms with Crippen LogP contribution in [0, 0.1) is 0 Å². The Bertz CT molecular complexity index is 929. The zero-order valence-corrected chi connectivity index (χ0v) is 14.4. The molecular weight excluding hydrogens is 374 g/mol. The van der Waals surface area contributed by atoms with Crippen LogP contribution in [0.5, 0.6) is 0 Å². The van der Waals surface area contributed by atoms with Crippen LogP contribution in [0.3, 0.4) is 0 Å². The van der Waals surface area contributed by atoms with Crippen molar-refractivity contribution in [2.75, 3.05) is 0 Å². The minimum atomic E-state index is 0.716. The second kappa shape index (κ2) is 6.17. The molecule has 0 fully saturated rings. The SMILES string of the molecule is Brc1ccccc1-c1nc(SCc2cn3ccccc3n2)n[nH]1. The molecule has 7 heteroatoms. The van der Waals surface area contributed by atoms with Crippen LogP contribution in [-0.4, -0.2) is 24.6 Å². The summed E-state index contributed by atoms with van der Waals surface area (Å²) in [6.45, 7) is 0. The van der Waals surface area contributed by atoms with Crippen molar-refractivity contribution in [2.45, 2.75) is 10.9 Å². The van der Waals surface area contributed by atoms with Crippen molar-refractivity contribution in [2.24, 2.45) is 0 Å². The van der Waals surface area contributed by atoms with Gasteiger partial charge in [0, 0.05) is 28.2 Å². The van der Waals surface area contributed by atoms with Gasteiger partial charge in [-0.2, -0.15) is 0 Å². The van der Waals surface area contributed by atoms with Crippen molar-refractivity contribution in [1.82, 2.24) is 24.6 Å². The zero-order valence-electron chi connectivity index (χ0n) is 12.0. The highest BCUT2D eigenvalue weighted by Gasteiger charge is 2.10. The van der Waals surface area contributed by atoms with Crippen LogP contribution in [0.1, 0.15) is 5.69 Å². The highest BCUT2D eigenvalue weighted by Crippen LogP contribution is 2.27. The number of hydrogen-bond donors (Lipinski definition) is 1. The van der Waals surface area contributed by atoms with E-state index in [4.69, 9.17) is 0 Å². The van der Waals surface area contributed by atoms with Gasteiger partial charge in [0.05, 0.1) is 5.69 Å². The first-order valence-electron chi connectivity index (χ1n) is 7.02. The van der Waals surface area contributed by atoms with Gasteiger partial charge in [0.1, 0.15) is 5.65 Å². The summed E-state index contributed by atoms with van der Waals surface area (Å²) in [4.78, 5) is 9.12. The highest BCUT2D eigenvalue weighted by molar-refractivity contribution is 9.10. The first-order valence-corrected chi connectivity index (χ1v) is 8.80. The zero-order chi connectivity index (χ0) is 15.6. The van der Waals surface area contributed by atoms with Gasteiger partial charge >= 0.3 is 0 Å². The van der Waals surface area contributed by atoms with Gasteiger partial charge < -0.3 is 4.40 Å². The fourth-order valence-electron chi connectivity index (χ4n) is 2.28. The molecule has 5 nitrogen and oxygen atoms in total. The summed E-state index contributed by atoms with van der Waals surface area (Å²) in [5, 5.41) is 7.98. The van der Waals surface area contributed by atoms with E-state index < -0.39 is 0 Å². The molecule has 0 saturated heterocycles. The number of rotatable bonds is 4. The standard InChI is InChI=1S/C16H12BrN5S/c17-13-6-2-1-5-12(13)15-19-16(21-20-15)23-10-11-9-22-8-4-3-7-14(22)18-11/h1-9H,10H2,(H,19,20,21). The predicted octanol–water partition coefficient (Wildman–Crippen LogP) is 4.17. The largest absolute Gasteiger partial charge is 0.307 e. The lowest BCUT2D eigenvalue weighted by Gasteiger charge is -1.98. The minimum Gasteiger partial charge on any atom is -0.307 e. The summed E-state index contributed by atoms with van der Waals surface area (Å²) in [6, 6.07) is 13.9. The molecule has 0 saturated carbocycles. The van der Waals surface area contributed by atoms with Crippen LogP contribution >= 0.6 is 27.7 Å². The Kier molecular flexibility index (Phi) is 3.88. The van der Waals surface area contributed by atoms with Crippen molar-refractivity contribution in [3.8, 4) is 11.4 Å². The maximum absolute atomic E-state index is 4.58. The third-order valence-corrected chi connectivity index (χ3v) is 4.93. The minimum absolute atomic E-state index is 0.716. The van der Waals surface area contributed by atoms with Crippen molar-refractivity contribution < 1.29 is 0 Å². The number of nitrogens with zero attached hydrogens (tertiary/aromatic N) is 4. The Labute approximate surface area is 145 Å². The van der Waals surface area contributed by atoms with E-state index in [0.717, 1.165) is 33.0 Å². The number of aromatic amines is 1. The van der Waals surface area contributed by atoms with E-state index in [1.807, 2.05) is 59.3 Å². The van der Waals surface area contributed by atoms with E-state index >= 15 is 0 Å².